The summed E-state index contributed by atoms with van der Waals surface area (Å²) in [7, 11) is 4.00. The van der Waals surface area contributed by atoms with Gasteiger partial charge in [-0.25, -0.2) is 0 Å². The summed E-state index contributed by atoms with van der Waals surface area (Å²) < 4.78 is 4.48. The Morgan fingerprint density at radius 2 is 0.694 bits per heavy atom. The Hall–Kier alpha value is -7.84. The quantitative estimate of drug-likeness (QED) is 0.114. The molecule has 0 bridgehead atoms. The molecule has 0 amide bonds. The van der Waals surface area contributed by atoms with Crippen LogP contribution in [-0.2, 0) is 40.2 Å². The van der Waals surface area contributed by atoms with Crippen LogP contribution in [0.15, 0.2) is 232 Å². The fraction of sp³-hybridized carbons (Fsp3) is 0.200. The van der Waals surface area contributed by atoms with E-state index in [1.54, 1.807) is 0 Å². The van der Waals surface area contributed by atoms with Crippen molar-refractivity contribution in [1.82, 2.24) is 28.9 Å². The molecule has 2 aliphatic heterocycles. The van der Waals surface area contributed by atoms with Gasteiger partial charge in [-0.3, -0.25) is 9.97 Å². The van der Waals surface area contributed by atoms with Gasteiger partial charge in [0.15, 0.2) is 0 Å². The first-order chi connectivity index (χ1) is 39.8. The van der Waals surface area contributed by atoms with Gasteiger partial charge in [0.25, 0.3) is 0 Å². The first kappa shape index (κ1) is 66.3. The van der Waals surface area contributed by atoms with E-state index in [1.807, 2.05) is 169 Å². The predicted octanol–water partition coefficient (Wildman–Crippen LogP) is 18.8. The minimum Gasteiger partial charge on any atom is -0.510 e. The van der Waals surface area contributed by atoms with Crippen LogP contribution in [0.4, 0.5) is 11.4 Å². The summed E-state index contributed by atoms with van der Waals surface area (Å²) in [6.07, 6.45) is 15.9. The van der Waals surface area contributed by atoms with E-state index >= 15 is 0 Å². The molecular weight excluding hydrogens is 1400 g/mol. The van der Waals surface area contributed by atoms with Gasteiger partial charge in [0.2, 0.25) is 0 Å². The molecule has 0 saturated heterocycles. The van der Waals surface area contributed by atoms with Gasteiger partial charge < -0.3 is 28.7 Å². The maximum absolute atomic E-state index is 4.68. The molecule has 12 rings (SSSR count). The Labute approximate surface area is 535 Å². The molecule has 10 aromatic rings. The van der Waals surface area contributed by atoms with Crippen LogP contribution in [0.5, 0.6) is 0 Å². The van der Waals surface area contributed by atoms with Crippen molar-refractivity contribution in [3.8, 4) is 56.4 Å². The fourth-order valence-corrected chi connectivity index (χ4v) is 9.98. The second-order valence-corrected chi connectivity index (χ2v) is 21.6. The molecular formula is C75H78Ir2N8. The number of anilines is 2. The van der Waals surface area contributed by atoms with Crippen molar-refractivity contribution in [1.29, 1.82) is 0 Å². The molecule has 0 radical (unpaired) electrons. The van der Waals surface area contributed by atoms with E-state index in [4.69, 9.17) is 0 Å². The summed E-state index contributed by atoms with van der Waals surface area (Å²) in [5.74, 6) is 3.42. The number of rotatable bonds is 12. The number of nitrogens with zero attached hydrogens (tertiary/aromatic N) is 8. The monoisotopic (exact) mass is 1480 g/mol. The molecule has 2 aromatic heterocycles. The van der Waals surface area contributed by atoms with Gasteiger partial charge in [-0.1, -0.05) is 123 Å². The zero-order chi connectivity index (χ0) is 57.5. The van der Waals surface area contributed by atoms with E-state index in [1.165, 1.54) is 55.9 Å². The van der Waals surface area contributed by atoms with Gasteiger partial charge >= 0.3 is 40.2 Å². The van der Waals surface area contributed by atoms with Gasteiger partial charge in [-0.2, -0.15) is 74.0 Å². The molecule has 0 fully saturated rings. The molecule has 85 heavy (non-hydrogen) atoms. The van der Waals surface area contributed by atoms with Crippen molar-refractivity contribution in [2.75, 3.05) is 23.9 Å². The average Bonchev–Trinajstić information content (AvgIpc) is 2.77. The van der Waals surface area contributed by atoms with Crippen LogP contribution >= 0.6 is 0 Å². The number of aromatic nitrogens is 4. The minimum absolute atomic E-state index is 0. The van der Waals surface area contributed by atoms with E-state index in [0.717, 1.165) is 34.2 Å². The van der Waals surface area contributed by atoms with Gasteiger partial charge in [-0.05, 0) is 131 Å². The Morgan fingerprint density at radius 1 is 0.376 bits per heavy atom. The Bertz CT molecular complexity index is 3330. The fourth-order valence-electron chi connectivity index (χ4n) is 9.98. The molecule has 0 saturated carbocycles. The Morgan fingerprint density at radius 3 is 0.965 bits per heavy atom. The molecule has 0 N–H and O–H groups in total. The van der Waals surface area contributed by atoms with Crippen molar-refractivity contribution in [2.45, 2.75) is 86.5 Å². The third-order valence-corrected chi connectivity index (χ3v) is 14.2. The molecule has 0 aliphatic carbocycles. The van der Waals surface area contributed by atoms with Crippen LogP contribution in [0, 0.1) is 37.6 Å². The molecule has 0 unspecified atom stereocenters. The number of hydrogen-bond donors (Lipinski definition) is 0. The van der Waals surface area contributed by atoms with E-state index in [-0.39, 0.29) is 47.6 Å². The average molecular weight is 1480 g/mol. The SMILES string of the molecule is C.CC(C)c1cc(-c2ccccc2)cc(C(C)C)c1-n1ccnc1-c1[c-]cccc1.CC(C)c1cc(-c2ccccc2)cc(C(C)C)c1-n1ccnc1-c1[c-]cccc1.CN1C=CN(c2[c-]cccc2)[CH-]1.CN1C=CN(c2[c-]cccc2)[CH-]1.[Ir+3].[Ir+3]. The van der Waals surface area contributed by atoms with E-state index in [0.29, 0.717) is 23.7 Å². The van der Waals surface area contributed by atoms with Crippen LogP contribution < -0.4 is 9.80 Å². The summed E-state index contributed by atoms with van der Waals surface area (Å²) >= 11 is 0. The molecule has 0 atom stereocenters. The zero-order valence-electron chi connectivity index (χ0n) is 49.6. The molecule has 4 heterocycles. The van der Waals surface area contributed by atoms with Gasteiger partial charge in [0, 0.05) is 36.2 Å². The third kappa shape index (κ3) is 16.7. The maximum Gasteiger partial charge on any atom is 3.00 e. The van der Waals surface area contributed by atoms with Crippen LogP contribution in [0.1, 0.15) is 109 Å². The molecule has 436 valence electrons. The molecule has 2 aliphatic rings. The maximum atomic E-state index is 4.68. The summed E-state index contributed by atoms with van der Waals surface area (Å²) in [4.78, 5) is 17.4. The topological polar surface area (TPSA) is 48.6 Å². The summed E-state index contributed by atoms with van der Waals surface area (Å²) in [6.45, 7) is 22.1. The van der Waals surface area contributed by atoms with Crippen molar-refractivity contribution in [3.05, 3.63) is 291 Å². The van der Waals surface area contributed by atoms with Gasteiger partial charge in [-0.15, -0.1) is 83.2 Å². The van der Waals surface area contributed by atoms with Crippen LogP contribution in [0.2, 0.25) is 0 Å². The minimum atomic E-state index is 0. The van der Waals surface area contributed by atoms with Crippen molar-refractivity contribution in [3.63, 3.8) is 0 Å². The van der Waals surface area contributed by atoms with Crippen LogP contribution in [0.25, 0.3) is 56.4 Å². The van der Waals surface area contributed by atoms with E-state index in [9.17, 15) is 0 Å². The number of hydrogen-bond acceptors (Lipinski definition) is 6. The van der Waals surface area contributed by atoms with Gasteiger partial charge in [0.05, 0.1) is 11.6 Å². The summed E-state index contributed by atoms with van der Waals surface area (Å²) in [6, 6.07) is 75.5. The molecule has 8 aromatic carbocycles. The van der Waals surface area contributed by atoms with E-state index < -0.39 is 0 Å². The van der Waals surface area contributed by atoms with Crippen LogP contribution in [-0.4, -0.2) is 43.0 Å². The van der Waals surface area contributed by atoms with Crippen molar-refractivity contribution >= 4 is 11.4 Å². The Balaban J connectivity index is 0.000000193. The van der Waals surface area contributed by atoms with Crippen molar-refractivity contribution in [2.24, 2.45) is 0 Å². The second kappa shape index (κ2) is 31.9. The molecule has 10 heteroatoms. The molecule has 8 nitrogen and oxygen atoms in total. The first-order valence-corrected chi connectivity index (χ1v) is 28.3. The first-order valence-electron chi connectivity index (χ1n) is 28.3. The van der Waals surface area contributed by atoms with Crippen molar-refractivity contribution < 1.29 is 40.2 Å². The second-order valence-electron chi connectivity index (χ2n) is 21.6. The van der Waals surface area contributed by atoms with Gasteiger partial charge in [0.1, 0.15) is 0 Å². The summed E-state index contributed by atoms with van der Waals surface area (Å²) in [5.41, 5.74) is 17.1. The predicted molar refractivity (Wildman–Crippen MR) is 348 cm³/mol. The summed E-state index contributed by atoms with van der Waals surface area (Å²) in [5, 5.41) is 0. The number of para-hydroxylation sites is 2. The number of imidazole rings is 2. The number of benzene rings is 8. The third-order valence-electron chi connectivity index (χ3n) is 14.2. The standard InChI is InChI=1S/2C27H27N2.2C10H10N2.CH4.2Ir/c2*1-19(2)24-17-23(21-11-7-5-8-12-21)18-25(20(3)4)26(24)29-16-15-28-27(29)22-13-9-6-10-14-22;2*1-11-7-8-12(9-11)10-5-3-2-4-6-10;;;/h2*5-13,15-20H,1-4H3;2*2-5,7-9H,1H3;1H4;;/q2*-1;2*-2;;2*+3. The largest absolute Gasteiger partial charge is 3.00 e. The Kier molecular flexibility index (Phi) is 24.9. The normalized spacial score (nSPS) is 12.2. The zero-order valence-corrected chi connectivity index (χ0v) is 54.4. The molecule has 0 spiro atoms. The van der Waals surface area contributed by atoms with Crippen LogP contribution in [0.3, 0.4) is 0 Å². The van der Waals surface area contributed by atoms with E-state index in [2.05, 4.69) is 208 Å². The smallest absolute Gasteiger partial charge is 0.510 e.